The lowest BCUT2D eigenvalue weighted by atomic mass is 10.2. The van der Waals surface area contributed by atoms with E-state index in [-0.39, 0.29) is 5.97 Å². The summed E-state index contributed by atoms with van der Waals surface area (Å²) in [6, 6.07) is 0. The molecule has 0 unspecified atom stereocenters. The normalized spacial score (nSPS) is 8.67. The lowest BCUT2D eigenvalue weighted by Crippen LogP contribution is -1.99. The molecular weight excluding hydrogens is 184 g/mol. The second-order valence-electron chi connectivity index (χ2n) is 1.72. The molecule has 9 heavy (non-hydrogen) atoms. The van der Waals surface area contributed by atoms with Crippen molar-refractivity contribution in [3.05, 3.63) is 12.2 Å². The van der Waals surface area contributed by atoms with Crippen LogP contribution in [0.4, 0.5) is 0 Å². The molecule has 3 heteroatoms. The zero-order chi connectivity index (χ0) is 7.28. The molecule has 0 bridgehead atoms. The van der Waals surface area contributed by atoms with E-state index >= 15 is 0 Å². The van der Waals surface area contributed by atoms with Crippen LogP contribution in [0, 0.1) is 0 Å². The summed E-state index contributed by atoms with van der Waals surface area (Å²) in [4.78, 5) is 10.5. The fourth-order valence-corrected chi connectivity index (χ4v) is 0.687. The third-order valence-corrected chi connectivity index (χ3v) is 1.20. The van der Waals surface area contributed by atoms with Crippen molar-refractivity contribution in [1.29, 1.82) is 0 Å². The second kappa shape index (κ2) is 4.56. The number of hydrogen-bond acceptors (Lipinski definition) is 2. The maximum absolute atomic E-state index is 10.5. The van der Waals surface area contributed by atoms with Crippen LogP contribution < -0.4 is 0 Å². The lowest BCUT2D eigenvalue weighted by Gasteiger charge is -1.96. The van der Waals surface area contributed by atoms with Gasteiger partial charge in [0, 0.05) is 5.57 Å². The largest absolute Gasteiger partial charge is 0.380 e. The van der Waals surface area contributed by atoms with Crippen molar-refractivity contribution in [2.24, 2.45) is 0 Å². The molecule has 0 aromatic heterocycles. The summed E-state index contributed by atoms with van der Waals surface area (Å²) in [5, 5.41) is 0. The molecule has 2 nitrogen and oxygen atoms in total. The summed E-state index contributed by atoms with van der Waals surface area (Å²) in [6.45, 7) is 5.49. The van der Waals surface area contributed by atoms with E-state index < -0.39 is 0 Å². The standard InChI is InChI=1S/C6H9BrO2/c1-3-4-5(2)6(8)9-7/h2-4H2,1H3. The van der Waals surface area contributed by atoms with E-state index in [1.807, 2.05) is 6.92 Å². The quantitative estimate of drug-likeness (QED) is 0.642. The highest BCUT2D eigenvalue weighted by Crippen LogP contribution is 2.05. The minimum Gasteiger partial charge on any atom is -0.380 e. The molecule has 0 N–H and O–H groups in total. The van der Waals surface area contributed by atoms with Crippen molar-refractivity contribution in [1.82, 2.24) is 0 Å². The number of carbonyl (C=O) groups is 1. The molecule has 0 radical (unpaired) electrons. The van der Waals surface area contributed by atoms with Crippen LogP contribution in [-0.4, -0.2) is 5.97 Å². The molecule has 0 saturated carbocycles. The Bertz CT molecular complexity index is 120. The van der Waals surface area contributed by atoms with E-state index in [4.69, 9.17) is 0 Å². The average Bonchev–Trinajstić information content (AvgIpc) is 1.87. The molecule has 52 valence electrons. The highest BCUT2D eigenvalue weighted by Gasteiger charge is 2.04. The zero-order valence-corrected chi connectivity index (χ0v) is 6.90. The van der Waals surface area contributed by atoms with Crippen LogP contribution in [0.1, 0.15) is 19.8 Å². The number of hydrogen-bond donors (Lipinski definition) is 0. The van der Waals surface area contributed by atoms with E-state index in [1.54, 1.807) is 0 Å². The van der Waals surface area contributed by atoms with Gasteiger partial charge in [0.05, 0.1) is 0 Å². The Kier molecular flexibility index (Phi) is 4.40. The minimum atomic E-state index is -0.378. The van der Waals surface area contributed by atoms with Crippen LogP contribution in [-0.2, 0) is 8.62 Å². The third kappa shape index (κ3) is 3.30. The molecule has 0 fully saturated rings. The van der Waals surface area contributed by atoms with Gasteiger partial charge in [0.15, 0.2) is 16.3 Å². The molecule has 0 atom stereocenters. The Balaban J connectivity index is 3.60. The molecule has 0 aliphatic heterocycles. The Hall–Kier alpha value is -0.310. The van der Waals surface area contributed by atoms with Gasteiger partial charge in [-0.25, -0.2) is 4.79 Å². The zero-order valence-electron chi connectivity index (χ0n) is 5.32. The number of halogens is 1. The molecule has 0 amide bonds. The molecular formula is C6H9BrO2. The van der Waals surface area contributed by atoms with Gasteiger partial charge in [0.25, 0.3) is 0 Å². The fraction of sp³-hybridized carbons (Fsp3) is 0.500. The van der Waals surface area contributed by atoms with Gasteiger partial charge in [-0.15, -0.1) is 0 Å². The molecule has 0 heterocycles. The van der Waals surface area contributed by atoms with Gasteiger partial charge in [-0.3, -0.25) is 0 Å². The van der Waals surface area contributed by atoms with Crippen molar-refractivity contribution in [2.75, 3.05) is 0 Å². The van der Waals surface area contributed by atoms with Crippen LogP contribution in [0.2, 0.25) is 0 Å². The lowest BCUT2D eigenvalue weighted by molar-refractivity contribution is -0.128. The van der Waals surface area contributed by atoms with E-state index in [0.717, 1.165) is 6.42 Å². The summed E-state index contributed by atoms with van der Waals surface area (Å²) < 4.78 is 4.24. The van der Waals surface area contributed by atoms with Gasteiger partial charge >= 0.3 is 5.97 Å². The van der Waals surface area contributed by atoms with Gasteiger partial charge in [0.2, 0.25) is 0 Å². The first-order chi connectivity index (χ1) is 4.22. The third-order valence-electron chi connectivity index (χ3n) is 0.911. The summed E-state index contributed by atoms with van der Waals surface area (Å²) in [5.74, 6) is -0.378. The molecule has 0 saturated heterocycles. The van der Waals surface area contributed by atoms with Crippen molar-refractivity contribution >= 4 is 22.2 Å². The topological polar surface area (TPSA) is 26.3 Å². The smallest absolute Gasteiger partial charge is 0.344 e. The van der Waals surface area contributed by atoms with Crippen LogP contribution in [0.3, 0.4) is 0 Å². The maximum atomic E-state index is 10.5. The first kappa shape index (κ1) is 8.69. The fourth-order valence-electron chi connectivity index (χ4n) is 0.458. The highest BCUT2D eigenvalue weighted by molar-refractivity contribution is 9.06. The van der Waals surface area contributed by atoms with Crippen LogP contribution in [0.5, 0.6) is 0 Å². The first-order valence-corrected chi connectivity index (χ1v) is 3.37. The van der Waals surface area contributed by atoms with Gasteiger partial charge < -0.3 is 3.83 Å². The van der Waals surface area contributed by atoms with Crippen molar-refractivity contribution < 1.29 is 8.62 Å². The van der Waals surface area contributed by atoms with Crippen LogP contribution in [0.15, 0.2) is 12.2 Å². The average molecular weight is 193 g/mol. The van der Waals surface area contributed by atoms with E-state index in [2.05, 4.69) is 26.7 Å². The summed E-state index contributed by atoms with van der Waals surface area (Å²) in [7, 11) is 0. The van der Waals surface area contributed by atoms with E-state index in [0.29, 0.717) is 12.0 Å². The first-order valence-electron chi connectivity index (χ1n) is 2.73. The monoisotopic (exact) mass is 192 g/mol. The summed E-state index contributed by atoms with van der Waals surface area (Å²) in [5.41, 5.74) is 0.509. The summed E-state index contributed by atoms with van der Waals surface area (Å²) in [6.07, 6.45) is 1.62. The molecule has 0 aliphatic rings. The maximum Gasteiger partial charge on any atom is 0.344 e. The van der Waals surface area contributed by atoms with E-state index in [9.17, 15) is 4.79 Å². The van der Waals surface area contributed by atoms with Gasteiger partial charge in [0.1, 0.15) is 0 Å². The minimum absolute atomic E-state index is 0.378. The van der Waals surface area contributed by atoms with Crippen molar-refractivity contribution in [3.8, 4) is 0 Å². The Morgan fingerprint density at radius 1 is 1.78 bits per heavy atom. The highest BCUT2D eigenvalue weighted by atomic mass is 79.9. The number of rotatable bonds is 3. The molecule has 0 spiro atoms. The van der Waals surface area contributed by atoms with E-state index in [1.165, 1.54) is 0 Å². The predicted molar refractivity (Wildman–Crippen MR) is 39.1 cm³/mol. The molecule has 0 aromatic rings. The Morgan fingerprint density at radius 2 is 2.33 bits per heavy atom. The van der Waals surface area contributed by atoms with Crippen molar-refractivity contribution in [3.63, 3.8) is 0 Å². The SMILES string of the molecule is C=C(CCC)C(=O)OBr. The summed E-state index contributed by atoms with van der Waals surface area (Å²) >= 11 is 2.57. The predicted octanol–water partition coefficient (Wildman–Crippen LogP) is 2.20. The Labute approximate surface area is 63.3 Å². The molecule has 0 rings (SSSR count). The van der Waals surface area contributed by atoms with Crippen molar-refractivity contribution in [2.45, 2.75) is 19.8 Å². The number of carbonyl (C=O) groups excluding carboxylic acids is 1. The Morgan fingerprint density at radius 3 is 2.67 bits per heavy atom. The second-order valence-corrected chi connectivity index (χ2v) is 2.04. The molecule has 0 aliphatic carbocycles. The van der Waals surface area contributed by atoms with Crippen LogP contribution >= 0.6 is 16.3 Å². The van der Waals surface area contributed by atoms with Gasteiger partial charge in [-0.05, 0) is 6.42 Å². The van der Waals surface area contributed by atoms with Crippen LogP contribution in [0.25, 0.3) is 0 Å². The van der Waals surface area contributed by atoms with Gasteiger partial charge in [-0.2, -0.15) is 0 Å². The molecule has 0 aromatic carbocycles. The van der Waals surface area contributed by atoms with Gasteiger partial charge in [-0.1, -0.05) is 19.9 Å².